The number of methoxy groups -OCH3 is 1. The maximum atomic E-state index is 12.7. The molecule has 1 aromatic carbocycles. The Morgan fingerprint density at radius 1 is 1.33 bits per heavy atom. The van der Waals surface area contributed by atoms with Crippen molar-refractivity contribution in [2.45, 2.75) is 38.5 Å². The Hall–Kier alpha value is -1.39. The summed E-state index contributed by atoms with van der Waals surface area (Å²) in [6.45, 7) is 4.55. The number of piperidine rings is 1. The number of hydrogen-bond acceptors (Lipinski definition) is 3. The zero-order valence-corrected chi connectivity index (χ0v) is 12.8. The van der Waals surface area contributed by atoms with E-state index in [2.05, 4.69) is 36.5 Å². The molecule has 0 unspecified atom stereocenters. The number of carbonyl (C=O) groups is 1. The quantitative estimate of drug-likeness (QED) is 0.898. The fourth-order valence-electron chi connectivity index (χ4n) is 3.39. The summed E-state index contributed by atoms with van der Waals surface area (Å²) in [5, 5.41) is 3.38. The van der Waals surface area contributed by atoms with Crippen LogP contribution in [0.4, 0.5) is 0 Å². The van der Waals surface area contributed by atoms with Gasteiger partial charge in [-0.05, 0) is 29.9 Å². The summed E-state index contributed by atoms with van der Waals surface area (Å²) in [5.41, 5.74) is 2.60. The molecule has 0 bridgehead atoms. The van der Waals surface area contributed by atoms with Gasteiger partial charge in [0.05, 0.1) is 12.1 Å². The summed E-state index contributed by atoms with van der Waals surface area (Å²) in [6.07, 6.45) is 1.98. The van der Waals surface area contributed by atoms with Crippen molar-refractivity contribution in [3.63, 3.8) is 0 Å². The Kier molecular flexibility index (Phi) is 4.27. The summed E-state index contributed by atoms with van der Waals surface area (Å²) in [6, 6.07) is 8.28. The normalized spacial score (nSPS) is 29.0. The summed E-state index contributed by atoms with van der Waals surface area (Å²) >= 11 is 0. The fourth-order valence-corrected chi connectivity index (χ4v) is 3.39. The lowest BCUT2D eigenvalue weighted by Crippen LogP contribution is -2.54. The summed E-state index contributed by atoms with van der Waals surface area (Å²) < 4.78 is 5.51. The second-order valence-corrected chi connectivity index (χ2v) is 6.23. The van der Waals surface area contributed by atoms with E-state index in [0.29, 0.717) is 5.92 Å². The van der Waals surface area contributed by atoms with Crippen molar-refractivity contribution in [1.29, 1.82) is 0 Å². The van der Waals surface area contributed by atoms with Crippen molar-refractivity contribution in [3.05, 3.63) is 35.4 Å². The molecule has 0 radical (unpaired) electrons. The smallest absolute Gasteiger partial charge is 0.240 e. The van der Waals surface area contributed by atoms with Gasteiger partial charge >= 0.3 is 0 Å². The molecular weight excluding hydrogens is 264 g/mol. The van der Waals surface area contributed by atoms with Crippen molar-refractivity contribution in [2.75, 3.05) is 20.2 Å². The Bertz CT molecular complexity index is 517. The molecular formula is C17H24N2O2. The lowest BCUT2D eigenvalue weighted by Gasteiger charge is -2.38. The minimum absolute atomic E-state index is 0.0918. The van der Waals surface area contributed by atoms with E-state index >= 15 is 0 Å². The van der Waals surface area contributed by atoms with E-state index < -0.39 is 0 Å². The first-order valence-electron chi connectivity index (χ1n) is 7.80. The monoisotopic (exact) mass is 288 g/mol. The molecule has 3 atom stereocenters. The molecule has 1 aromatic rings. The Morgan fingerprint density at radius 3 is 2.86 bits per heavy atom. The van der Waals surface area contributed by atoms with E-state index in [1.54, 1.807) is 7.11 Å². The van der Waals surface area contributed by atoms with Crippen molar-refractivity contribution in [3.8, 4) is 0 Å². The van der Waals surface area contributed by atoms with Crippen molar-refractivity contribution in [2.24, 2.45) is 5.92 Å². The highest BCUT2D eigenvalue weighted by Crippen LogP contribution is 2.22. The number of ether oxygens (including phenoxy) is 1. The Balaban J connectivity index is 1.67. The average molecular weight is 288 g/mol. The van der Waals surface area contributed by atoms with Crippen LogP contribution in [0.3, 0.4) is 0 Å². The van der Waals surface area contributed by atoms with Crippen LogP contribution in [0.25, 0.3) is 0 Å². The number of benzene rings is 1. The molecule has 4 heteroatoms. The fraction of sp³-hybridized carbons (Fsp3) is 0.588. The Morgan fingerprint density at radius 2 is 2.10 bits per heavy atom. The highest BCUT2D eigenvalue weighted by Gasteiger charge is 2.33. The van der Waals surface area contributed by atoms with Crippen LogP contribution in [0.1, 0.15) is 24.5 Å². The van der Waals surface area contributed by atoms with Gasteiger partial charge < -0.3 is 15.0 Å². The number of likely N-dealkylation sites (tertiary alicyclic amines) is 1. The summed E-state index contributed by atoms with van der Waals surface area (Å²) in [5.74, 6) is 0.748. The number of nitrogens with zero attached hydrogens (tertiary/aromatic N) is 1. The molecule has 2 aliphatic heterocycles. The van der Waals surface area contributed by atoms with Crippen LogP contribution in [0.15, 0.2) is 24.3 Å². The standard InChI is InChI=1S/C17H24N2O2/c1-12-7-8-19(11-16(12)21-2)17(20)15-9-13-5-3-4-6-14(13)10-18-15/h3-6,12,15-16,18H,7-11H2,1-2H3/t12-,15-,16+/m0/s1. The number of hydrogen-bond donors (Lipinski definition) is 1. The van der Waals surface area contributed by atoms with E-state index in [0.717, 1.165) is 32.5 Å². The van der Waals surface area contributed by atoms with E-state index in [9.17, 15) is 4.79 Å². The number of carbonyl (C=O) groups excluding carboxylic acids is 1. The Labute approximate surface area is 126 Å². The van der Waals surface area contributed by atoms with Gasteiger partial charge in [-0.15, -0.1) is 0 Å². The van der Waals surface area contributed by atoms with Gasteiger partial charge in [0.2, 0.25) is 5.91 Å². The largest absolute Gasteiger partial charge is 0.379 e. The third-order valence-corrected chi connectivity index (χ3v) is 4.88. The van der Waals surface area contributed by atoms with Gasteiger partial charge in [0.15, 0.2) is 0 Å². The predicted octanol–water partition coefficient (Wildman–Crippen LogP) is 1.58. The van der Waals surface area contributed by atoms with Crippen molar-refractivity contribution >= 4 is 5.91 Å². The zero-order chi connectivity index (χ0) is 14.8. The first-order valence-corrected chi connectivity index (χ1v) is 7.80. The highest BCUT2D eigenvalue weighted by atomic mass is 16.5. The molecule has 1 fully saturated rings. The minimum Gasteiger partial charge on any atom is -0.379 e. The number of rotatable bonds is 2. The molecule has 1 saturated heterocycles. The van der Waals surface area contributed by atoms with E-state index in [1.807, 2.05) is 4.90 Å². The van der Waals surface area contributed by atoms with Crippen LogP contribution >= 0.6 is 0 Å². The molecule has 1 amide bonds. The van der Waals surface area contributed by atoms with Crippen LogP contribution in [-0.2, 0) is 22.5 Å². The number of nitrogens with one attached hydrogen (secondary N) is 1. The van der Waals surface area contributed by atoms with E-state index in [-0.39, 0.29) is 18.1 Å². The van der Waals surface area contributed by atoms with Gasteiger partial charge in [0.1, 0.15) is 0 Å². The van der Waals surface area contributed by atoms with Crippen LogP contribution < -0.4 is 5.32 Å². The first-order chi connectivity index (χ1) is 10.2. The second kappa shape index (κ2) is 6.16. The lowest BCUT2D eigenvalue weighted by molar-refractivity contribution is -0.138. The molecule has 2 heterocycles. The first kappa shape index (κ1) is 14.5. The maximum absolute atomic E-state index is 12.7. The summed E-state index contributed by atoms with van der Waals surface area (Å²) in [4.78, 5) is 14.7. The van der Waals surface area contributed by atoms with Gasteiger partial charge in [0, 0.05) is 26.7 Å². The molecule has 3 rings (SSSR count). The minimum atomic E-state index is -0.0918. The predicted molar refractivity (Wildman–Crippen MR) is 81.9 cm³/mol. The molecule has 0 aliphatic carbocycles. The maximum Gasteiger partial charge on any atom is 0.240 e. The molecule has 0 saturated carbocycles. The highest BCUT2D eigenvalue weighted by molar-refractivity contribution is 5.82. The van der Waals surface area contributed by atoms with Gasteiger partial charge in [-0.25, -0.2) is 0 Å². The molecule has 0 spiro atoms. The average Bonchev–Trinajstić information content (AvgIpc) is 2.54. The zero-order valence-electron chi connectivity index (χ0n) is 12.8. The van der Waals surface area contributed by atoms with Crippen molar-refractivity contribution in [1.82, 2.24) is 10.2 Å². The molecule has 2 aliphatic rings. The molecule has 0 aromatic heterocycles. The van der Waals surface area contributed by atoms with Crippen LogP contribution in [0, 0.1) is 5.92 Å². The number of fused-ring (bicyclic) bond motifs is 1. The van der Waals surface area contributed by atoms with Gasteiger partial charge in [0.25, 0.3) is 0 Å². The van der Waals surface area contributed by atoms with Gasteiger partial charge in [-0.1, -0.05) is 31.2 Å². The third-order valence-electron chi connectivity index (χ3n) is 4.88. The topological polar surface area (TPSA) is 41.6 Å². The van der Waals surface area contributed by atoms with Crippen molar-refractivity contribution < 1.29 is 9.53 Å². The van der Waals surface area contributed by atoms with Gasteiger partial charge in [-0.2, -0.15) is 0 Å². The van der Waals surface area contributed by atoms with E-state index in [1.165, 1.54) is 11.1 Å². The lowest BCUT2D eigenvalue weighted by atomic mass is 9.92. The summed E-state index contributed by atoms with van der Waals surface area (Å²) in [7, 11) is 1.74. The SMILES string of the molecule is CO[C@@H]1CN(C(=O)[C@@H]2Cc3ccccc3CN2)CC[C@@H]1C. The molecule has 114 valence electrons. The van der Waals surface area contributed by atoms with Crippen LogP contribution in [0.2, 0.25) is 0 Å². The van der Waals surface area contributed by atoms with Gasteiger partial charge in [-0.3, -0.25) is 4.79 Å². The molecule has 1 N–H and O–H groups in total. The number of amides is 1. The third kappa shape index (κ3) is 2.97. The van der Waals surface area contributed by atoms with Crippen LogP contribution in [0.5, 0.6) is 0 Å². The molecule has 4 nitrogen and oxygen atoms in total. The van der Waals surface area contributed by atoms with E-state index in [4.69, 9.17) is 4.74 Å². The second-order valence-electron chi connectivity index (χ2n) is 6.23. The van der Waals surface area contributed by atoms with Crippen LogP contribution in [-0.4, -0.2) is 43.2 Å². The molecule has 21 heavy (non-hydrogen) atoms.